The van der Waals surface area contributed by atoms with Crippen LogP contribution in [0.2, 0.25) is 0 Å². The summed E-state index contributed by atoms with van der Waals surface area (Å²) in [6.07, 6.45) is 0. The van der Waals surface area contributed by atoms with Gasteiger partial charge in [-0.1, -0.05) is 194 Å². The summed E-state index contributed by atoms with van der Waals surface area (Å²) in [5.41, 5.74) is 14.1. The molecule has 0 atom stereocenters. The highest BCUT2D eigenvalue weighted by Gasteiger charge is 2.13. The van der Waals surface area contributed by atoms with E-state index in [1.165, 1.54) is 0 Å². The van der Waals surface area contributed by atoms with Crippen LogP contribution in [0.4, 0.5) is 0 Å². The second kappa shape index (κ2) is 16.9. The minimum Gasteiger partial charge on any atom is -0.457 e. The number of aromatic nitrogens is 4. The van der Waals surface area contributed by atoms with Crippen molar-refractivity contribution >= 4 is 0 Å². The molecule has 10 aromatic rings. The van der Waals surface area contributed by atoms with Gasteiger partial charge in [-0.15, -0.1) is 0 Å². The van der Waals surface area contributed by atoms with Crippen LogP contribution < -0.4 is 4.74 Å². The van der Waals surface area contributed by atoms with Crippen LogP contribution in [0, 0.1) is 0 Å². The third kappa shape index (κ3) is 8.35. The molecule has 0 aliphatic heterocycles. The molecule has 0 fully saturated rings. The summed E-state index contributed by atoms with van der Waals surface area (Å²) >= 11 is 0. The molecule has 5 nitrogen and oxygen atoms in total. The highest BCUT2D eigenvalue weighted by molar-refractivity contribution is 5.76. The van der Waals surface area contributed by atoms with Crippen molar-refractivity contribution in [2.24, 2.45) is 0 Å². The summed E-state index contributed by atoms with van der Waals surface area (Å²) in [5.74, 6) is 2.95. The van der Waals surface area contributed by atoms with Gasteiger partial charge in [-0.25, -0.2) is 19.9 Å². The average molecular weight is 783 g/mol. The molecule has 288 valence electrons. The van der Waals surface area contributed by atoms with E-state index >= 15 is 0 Å². The molecule has 0 radical (unpaired) electrons. The van der Waals surface area contributed by atoms with Gasteiger partial charge in [-0.3, -0.25) is 0 Å². The number of rotatable bonds is 10. The second-order valence-electron chi connectivity index (χ2n) is 14.7. The lowest BCUT2D eigenvalue weighted by Gasteiger charge is -2.11. The van der Waals surface area contributed by atoms with Gasteiger partial charge in [-0.05, 0) is 58.7 Å². The molecule has 61 heavy (non-hydrogen) atoms. The Kier molecular flexibility index (Phi) is 10.3. The van der Waals surface area contributed by atoms with Crippen molar-refractivity contribution in [3.05, 3.63) is 231 Å². The maximum absolute atomic E-state index is 6.28. The monoisotopic (exact) mass is 782 g/mol. The number of nitrogens with zero attached hydrogens (tertiary/aromatic N) is 4. The van der Waals surface area contributed by atoms with Crippen molar-refractivity contribution in [1.29, 1.82) is 0 Å². The van der Waals surface area contributed by atoms with E-state index in [9.17, 15) is 0 Å². The SMILES string of the molecule is c1ccc(-c2cc(-c3ccc(-c4ccc(Oc5ccc(-c6ccc(-c7cc(-c8ccccc8)nc(-c8ccccc8)n7)cc6)cc5)cc4)cc3)nc(-c3ccccc3)n2)cc1. The van der Waals surface area contributed by atoms with Gasteiger partial charge in [0.15, 0.2) is 11.6 Å². The Morgan fingerprint density at radius 3 is 0.738 bits per heavy atom. The van der Waals surface area contributed by atoms with E-state index in [0.717, 1.165) is 89.9 Å². The van der Waals surface area contributed by atoms with Crippen molar-refractivity contribution in [2.45, 2.75) is 0 Å². The Hall–Kier alpha value is -8.28. The average Bonchev–Trinajstić information content (AvgIpc) is 3.35. The molecule has 0 aliphatic carbocycles. The van der Waals surface area contributed by atoms with Crippen LogP contribution in [-0.4, -0.2) is 19.9 Å². The molecule has 2 heterocycles. The molecular formula is C56H38N4O. The zero-order chi connectivity index (χ0) is 40.8. The first-order chi connectivity index (χ1) is 30.2. The molecule has 8 aromatic carbocycles. The summed E-state index contributed by atoms with van der Waals surface area (Å²) in [4.78, 5) is 19.8. The lowest BCUT2D eigenvalue weighted by molar-refractivity contribution is 0.483. The fourth-order valence-corrected chi connectivity index (χ4v) is 7.37. The zero-order valence-electron chi connectivity index (χ0n) is 33.1. The number of benzene rings is 8. The maximum Gasteiger partial charge on any atom is 0.160 e. The molecule has 2 aromatic heterocycles. The van der Waals surface area contributed by atoms with Crippen LogP contribution in [0.3, 0.4) is 0 Å². The van der Waals surface area contributed by atoms with E-state index in [0.29, 0.717) is 11.6 Å². The molecule has 0 spiro atoms. The van der Waals surface area contributed by atoms with E-state index in [1.54, 1.807) is 0 Å². The van der Waals surface area contributed by atoms with Gasteiger partial charge < -0.3 is 4.74 Å². The minimum atomic E-state index is 0.704. The molecule has 10 rings (SSSR count). The van der Waals surface area contributed by atoms with Crippen LogP contribution in [0.5, 0.6) is 11.5 Å². The molecule has 0 bridgehead atoms. The summed E-state index contributed by atoms with van der Waals surface area (Å²) in [7, 11) is 0. The largest absolute Gasteiger partial charge is 0.457 e. The maximum atomic E-state index is 6.28. The van der Waals surface area contributed by atoms with Crippen LogP contribution >= 0.6 is 0 Å². The first-order valence-corrected chi connectivity index (χ1v) is 20.3. The van der Waals surface area contributed by atoms with Crippen LogP contribution in [0.15, 0.2) is 231 Å². The lowest BCUT2D eigenvalue weighted by Crippen LogP contribution is -1.95. The van der Waals surface area contributed by atoms with Crippen molar-refractivity contribution in [3.63, 3.8) is 0 Å². The predicted octanol–water partition coefficient (Wildman–Crippen LogP) is 14.4. The highest BCUT2D eigenvalue weighted by Crippen LogP contribution is 2.33. The normalized spacial score (nSPS) is 11.0. The fraction of sp³-hybridized carbons (Fsp3) is 0. The van der Waals surface area contributed by atoms with Crippen molar-refractivity contribution in [2.75, 3.05) is 0 Å². The predicted molar refractivity (Wildman–Crippen MR) is 248 cm³/mol. The van der Waals surface area contributed by atoms with Gasteiger partial charge in [-0.2, -0.15) is 0 Å². The first-order valence-electron chi connectivity index (χ1n) is 20.3. The summed E-state index contributed by atoms with van der Waals surface area (Å²) < 4.78 is 6.28. The van der Waals surface area contributed by atoms with Gasteiger partial charge in [0, 0.05) is 33.4 Å². The Morgan fingerprint density at radius 2 is 0.443 bits per heavy atom. The molecule has 0 saturated heterocycles. The van der Waals surface area contributed by atoms with Gasteiger partial charge in [0.2, 0.25) is 0 Å². The van der Waals surface area contributed by atoms with Crippen molar-refractivity contribution in [1.82, 2.24) is 19.9 Å². The first kappa shape index (κ1) is 37.0. The Bertz CT molecular complexity index is 2700. The summed E-state index contributed by atoms with van der Waals surface area (Å²) in [5, 5.41) is 0. The van der Waals surface area contributed by atoms with Gasteiger partial charge in [0.25, 0.3) is 0 Å². The van der Waals surface area contributed by atoms with E-state index in [1.807, 2.05) is 121 Å². The molecular weight excluding hydrogens is 745 g/mol. The summed E-state index contributed by atoms with van der Waals surface area (Å²) in [6, 6.07) is 78.4. The van der Waals surface area contributed by atoms with Crippen molar-refractivity contribution < 1.29 is 4.74 Å². The highest BCUT2D eigenvalue weighted by atomic mass is 16.5. The van der Waals surface area contributed by atoms with Crippen LogP contribution in [0.1, 0.15) is 0 Å². The molecule has 0 aliphatic rings. The van der Waals surface area contributed by atoms with Crippen LogP contribution in [0.25, 0.3) is 90.1 Å². The third-order valence-electron chi connectivity index (χ3n) is 10.6. The molecule has 0 unspecified atom stereocenters. The molecule has 0 N–H and O–H groups in total. The van der Waals surface area contributed by atoms with Gasteiger partial charge in [0.1, 0.15) is 11.5 Å². The topological polar surface area (TPSA) is 60.8 Å². The standard InChI is InChI=1S/C56H38N4O/c1-5-13-43(14-6-1)51-37-53(59-55(57-51)47-17-9-3-10-18-47)45-25-21-39(22-26-45)41-29-33-49(34-30-41)61-50-35-31-42(32-36-50)40-23-27-46(28-24-40)54-38-52(44-15-7-2-8-16-44)58-56(60-54)48-19-11-4-12-20-48/h1-38H. The minimum absolute atomic E-state index is 0.704. The smallest absolute Gasteiger partial charge is 0.160 e. The lowest BCUT2D eigenvalue weighted by atomic mass is 10.0. The second-order valence-corrected chi connectivity index (χ2v) is 14.7. The quantitative estimate of drug-likeness (QED) is 0.138. The number of hydrogen-bond acceptors (Lipinski definition) is 5. The number of hydrogen-bond donors (Lipinski definition) is 0. The molecule has 5 heteroatoms. The Morgan fingerprint density at radius 1 is 0.213 bits per heavy atom. The Labute approximate surface area is 355 Å². The fourth-order valence-electron chi connectivity index (χ4n) is 7.37. The number of ether oxygens (including phenoxy) is 1. The van der Waals surface area contributed by atoms with Crippen molar-refractivity contribution in [3.8, 4) is 102 Å². The van der Waals surface area contributed by atoms with Crippen LogP contribution in [-0.2, 0) is 0 Å². The van der Waals surface area contributed by atoms with E-state index in [-0.39, 0.29) is 0 Å². The molecule has 0 amide bonds. The molecule has 0 saturated carbocycles. The van der Waals surface area contributed by atoms with E-state index in [4.69, 9.17) is 24.7 Å². The third-order valence-corrected chi connectivity index (χ3v) is 10.6. The zero-order valence-corrected chi connectivity index (χ0v) is 33.1. The van der Waals surface area contributed by atoms with E-state index < -0.39 is 0 Å². The van der Waals surface area contributed by atoms with Gasteiger partial charge in [0.05, 0.1) is 22.8 Å². The Balaban J connectivity index is 0.827. The summed E-state index contributed by atoms with van der Waals surface area (Å²) in [6.45, 7) is 0. The van der Waals surface area contributed by atoms with E-state index in [2.05, 4.69) is 109 Å². The van der Waals surface area contributed by atoms with Gasteiger partial charge >= 0.3 is 0 Å².